The Labute approximate surface area is 124 Å². The number of carboxylic acid groups (broad SMARTS) is 1. The summed E-state index contributed by atoms with van der Waals surface area (Å²) in [7, 11) is 0. The lowest BCUT2D eigenvalue weighted by Gasteiger charge is -2.19. The van der Waals surface area contributed by atoms with E-state index in [1.54, 1.807) is 0 Å². The van der Waals surface area contributed by atoms with Gasteiger partial charge in [-0.15, -0.1) is 0 Å². The van der Waals surface area contributed by atoms with Crippen LogP contribution in [0.4, 0.5) is 0 Å². The van der Waals surface area contributed by atoms with Crippen LogP contribution in [0.2, 0.25) is 0 Å². The van der Waals surface area contributed by atoms with Crippen LogP contribution in [-0.2, 0) is 11.2 Å². The van der Waals surface area contributed by atoms with E-state index in [2.05, 4.69) is 31.2 Å². The fraction of sp³-hybridized carbons (Fsp3) is 0.562. The van der Waals surface area contributed by atoms with Gasteiger partial charge in [-0.25, -0.2) is 0 Å². The van der Waals surface area contributed by atoms with Gasteiger partial charge in [0.25, 0.3) is 5.97 Å². The van der Waals surface area contributed by atoms with Crippen LogP contribution >= 0.6 is 0 Å². The SMILES string of the molecule is CC(=O)O.CCCC[C@@H](Cc1ccccc1)[C@@H](C)O.[B]. The van der Waals surface area contributed by atoms with Gasteiger partial charge in [0.15, 0.2) is 0 Å². The van der Waals surface area contributed by atoms with Crippen molar-refractivity contribution in [2.45, 2.75) is 52.6 Å². The highest BCUT2D eigenvalue weighted by Gasteiger charge is 2.14. The fourth-order valence-corrected chi connectivity index (χ4v) is 1.90. The number of aliphatic hydroxyl groups excluding tert-OH is 1. The topological polar surface area (TPSA) is 57.5 Å². The summed E-state index contributed by atoms with van der Waals surface area (Å²) in [5.41, 5.74) is 1.33. The number of carboxylic acids is 1. The predicted octanol–water partition coefficient (Wildman–Crippen LogP) is 3.13. The molecule has 1 rings (SSSR count). The van der Waals surface area contributed by atoms with Crippen LogP contribution in [0.5, 0.6) is 0 Å². The Bertz CT molecular complexity index is 335. The summed E-state index contributed by atoms with van der Waals surface area (Å²) >= 11 is 0. The van der Waals surface area contributed by atoms with Crippen LogP contribution in [0.3, 0.4) is 0 Å². The maximum absolute atomic E-state index is 9.70. The minimum absolute atomic E-state index is 0. The monoisotopic (exact) mass is 277 g/mol. The van der Waals surface area contributed by atoms with E-state index in [0.717, 1.165) is 19.8 Å². The minimum atomic E-state index is -0.833. The zero-order valence-electron chi connectivity index (χ0n) is 12.7. The highest BCUT2D eigenvalue weighted by atomic mass is 16.4. The molecule has 2 atom stereocenters. The third kappa shape index (κ3) is 11.8. The highest BCUT2D eigenvalue weighted by Crippen LogP contribution is 2.18. The van der Waals surface area contributed by atoms with Crippen LogP contribution < -0.4 is 0 Å². The zero-order valence-corrected chi connectivity index (χ0v) is 12.7. The fourth-order valence-electron chi connectivity index (χ4n) is 1.90. The summed E-state index contributed by atoms with van der Waals surface area (Å²) < 4.78 is 0. The minimum Gasteiger partial charge on any atom is -0.481 e. The van der Waals surface area contributed by atoms with Crippen LogP contribution in [0.15, 0.2) is 30.3 Å². The van der Waals surface area contributed by atoms with Crippen LogP contribution in [0.25, 0.3) is 0 Å². The van der Waals surface area contributed by atoms with Gasteiger partial charge in [0.05, 0.1) is 6.10 Å². The third-order valence-electron chi connectivity index (χ3n) is 2.95. The number of aliphatic carboxylic acids is 1. The molecular weight excluding hydrogens is 251 g/mol. The van der Waals surface area contributed by atoms with Crippen molar-refractivity contribution in [3.8, 4) is 0 Å². The summed E-state index contributed by atoms with van der Waals surface area (Å²) in [5.74, 6) is -0.424. The average molecular weight is 277 g/mol. The van der Waals surface area contributed by atoms with E-state index in [9.17, 15) is 5.11 Å². The van der Waals surface area contributed by atoms with Crippen molar-refractivity contribution in [1.82, 2.24) is 0 Å². The van der Waals surface area contributed by atoms with E-state index in [4.69, 9.17) is 9.90 Å². The molecule has 3 nitrogen and oxygen atoms in total. The van der Waals surface area contributed by atoms with Crippen molar-refractivity contribution in [1.29, 1.82) is 0 Å². The first kappa shape index (κ1) is 21.0. The smallest absolute Gasteiger partial charge is 0.300 e. The molecule has 20 heavy (non-hydrogen) atoms. The van der Waals surface area contributed by atoms with E-state index < -0.39 is 5.97 Å². The largest absolute Gasteiger partial charge is 0.481 e. The molecule has 0 saturated heterocycles. The van der Waals surface area contributed by atoms with E-state index in [1.165, 1.54) is 18.4 Å². The summed E-state index contributed by atoms with van der Waals surface area (Å²) in [5, 5.41) is 17.1. The van der Waals surface area contributed by atoms with Crippen LogP contribution in [-0.4, -0.2) is 30.7 Å². The first-order chi connectivity index (χ1) is 8.97. The van der Waals surface area contributed by atoms with Crippen LogP contribution in [0, 0.1) is 5.92 Å². The normalized spacial score (nSPS) is 12.4. The van der Waals surface area contributed by atoms with Crippen molar-refractivity contribution < 1.29 is 15.0 Å². The number of unbranched alkanes of at least 4 members (excludes halogenated alkanes) is 1. The van der Waals surface area contributed by atoms with Gasteiger partial charge in [-0.05, 0) is 31.2 Å². The van der Waals surface area contributed by atoms with Crippen LogP contribution in [0.1, 0.15) is 45.6 Å². The van der Waals surface area contributed by atoms with Gasteiger partial charge in [0, 0.05) is 15.3 Å². The number of rotatable bonds is 6. The molecular formula is C16H26BO3. The molecule has 3 radical (unpaired) electrons. The first-order valence-electron chi connectivity index (χ1n) is 6.88. The molecule has 0 saturated carbocycles. The summed E-state index contributed by atoms with van der Waals surface area (Å²) in [4.78, 5) is 9.00. The Hall–Kier alpha value is -1.29. The molecule has 1 aromatic carbocycles. The van der Waals surface area contributed by atoms with E-state index in [0.29, 0.717) is 5.92 Å². The predicted molar refractivity (Wildman–Crippen MR) is 83.9 cm³/mol. The van der Waals surface area contributed by atoms with E-state index >= 15 is 0 Å². The van der Waals surface area contributed by atoms with Crippen molar-refractivity contribution in [2.24, 2.45) is 5.92 Å². The lowest BCUT2D eigenvalue weighted by Crippen LogP contribution is -2.19. The Morgan fingerprint density at radius 3 is 2.15 bits per heavy atom. The molecule has 0 aliphatic heterocycles. The second kappa shape index (κ2) is 12.7. The van der Waals surface area contributed by atoms with Crippen molar-refractivity contribution in [2.75, 3.05) is 0 Å². The number of aliphatic hydroxyl groups is 1. The average Bonchev–Trinajstić information content (AvgIpc) is 2.34. The molecule has 0 unspecified atom stereocenters. The molecule has 1 aromatic rings. The van der Waals surface area contributed by atoms with Crippen molar-refractivity contribution >= 4 is 14.4 Å². The Morgan fingerprint density at radius 2 is 1.75 bits per heavy atom. The molecule has 2 N–H and O–H groups in total. The second-order valence-corrected chi connectivity index (χ2v) is 4.85. The summed E-state index contributed by atoms with van der Waals surface area (Å²) in [6.07, 6.45) is 4.35. The molecule has 0 aliphatic rings. The second-order valence-electron chi connectivity index (χ2n) is 4.85. The van der Waals surface area contributed by atoms with Gasteiger partial charge in [0.2, 0.25) is 0 Å². The Kier molecular flexibility index (Phi) is 13.4. The standard InChI is InChI=1S/C14H22O.C2H4O2.B/c1-3-4-10-14(12(2)15)11-13-8-6-5-7-9-13;1-2(3)4;/h5-9,12,14-15H,3-4,10-11H2,1-2H3;1H3,(H,3,4);/t12-,14+;;/m1../s1. The quantitative estimate of drug-likeness (QED) is 0.785. The van der Waals surface area contributed by atoms with Gasteiger partial charge in [-0.1, -0.05) is 50.1 Å². The molecule has 4 heteroatoms. The molecule has 0 heterocycles. The van der Waals surface area contributed by atoms with Gasteiger partial charge in [0.1, 0.15) is 0 Å². The van der Waals surface area contributed by atoms with Gasteiger partial charge >= 0.3 is 0 Å². The number of hydrogen-bond donors (Lipinski definition) is 2. The maximum Gasteiger partial charge on any atom is 0.300 e. The Morgan fingerprint density at radius 1 is 1.25 bits per heavy atom. The van der Waals surface area contributed by atoms with Gasteiger partial charge in [-0.2, -0.15) is 0 Å². The summed E-state index contributed by atoms with van der Waals surface area (Å²) in [6, 6.07) is 10.4. The van der Waals surface area contributed by atoms with Gasteiger partial charge in [-0.3, -0.25) is 4.79 Å². The molecule has 111 valence electrons. The van der Waals surface area contributed by atoms with E-state index in [-0.39, 0.29) is 14.5 Å². The van der Waals surface area contributed by atoms with E-state index in [1.807, 2.05) is 13.0 Å². The van der Waals surface area contributed by atoms with Gasteiger partial charge < -0.3 is 10.2 Å². The molecule has 0 spiro atoms. The van der Waals surface area contributed by atoms with Crippen molar-refractivity contribution in [3.63, 3.8) is 0 Å². The Balaban J connectivity index is 0. The lowest BCUT2D eigenvalue weighted by molar-refractivity contribution is -0.134. The van der Waals surface area contributed by atoms with Crippen molar-refractivity contribution in [3.05, 3.63) is 35.9 Å². The maximum atomic E-state index is 9.70. The first-order valence-corrected chi connectivity index (χ1v) is 6.88. The molecule has 0 bridgehead atoms. The number of benzene rings is 1. The highest BCUT2D eigenvalue weighted by molar-refractivity contribution is 5.75. The summed E-state index contributed by atoms with van der Waals surface area (Å²) in [6.45, 7) is 5.19. The molecule has 0 aliphatic carbocycles. The zero-order chi connectivity index (χ0) is 14.7. The molecule has 0 amide bonds. The molecule has 0 fully saturated rings. The number of carbonyl (C=O) groups is 1. The number of hydrogen-bond acceptors (Lipinski definition) is 2. The molecule has 0 aromatic heterocycles. The third-order valence-corrected chi connectivity index (χ3v) is 2.95. The lowest BCUT2D eigenvalue weighted by atomic mass is 9.90.